The highest BCUT2D eigenvalue weighted by atomic mass is 32.1. The van der Waals surface area contributed by atoms with Crippen LogP contribution in [0.4, 0.5) is 5.82 Å². The van der Waals surface area contributed by atoms with Gasteiger partial charge in [0.2, 0.25) is 0 Å². The molecule has 0 amide bonds. The van der Waals surface area contributed by atoms with E-state index in [1.165, 1.54) is 0 Å². The highest BCUT2D eigenvalue weighted by Gasteiger charge is 2.11. The van der Waals surface area contributed by atoms with Crippen LogP contribution in [0.3, 0.4) is 0 Å². The lowest BCUT2D eigenvalue weighted by Gasteiger charge is -2.10. The van der Waals surface area contributed by atoms with Crippen molar-refractivity contribution in [1.82, 2.24) is 9.78 Å². The van der Waals surface area contributed by atoms with Crippen molar-refractivity contribution in [2.45, 2.75) is 6.92 Å². The second-order valence-electron chi connectivity index (χ2n) is 4.59. The Morgan fingerprint density at radius 2 is 2.00 bits per heavy atom. The number of amidine groups is 1. The third kappa shape index (κ3) is 2.87. The predicted octanol–water partition coefficient (Wildman–Crippen LogP) is 3.73. The van der Waals surface area contributed by atoms with Gasteiger partial charge >= 0.3 is 0 Å². The maximum atomic E-state index is 4.55. The van der Waals surface area contributed by atoms with Crippen LogP contribution in [0.15, 0.2) is 58.9 Å². The molecule has 0 spiro atoms. The summed E-state index contributed by atoms with van der Waals surface area (Å²) in [4.78, 5) is 5.45. The van der Waals surface area contributed by atoms with E-state index in [9.17, 15) is 0 Å². The van der Waals surface area contributed by atoms with Crippen LogP contribution in [0, 0.1) is 6.92 Å². The number of hydrogen-bond donors (Lipinski definition) is 1. The Kier molecular flexibility index (Phi) is 3.83. The summed E-state index contributed by atoms with van der Waals surface area (Å²) in [5, 5.41) is 9.98. The van der Waals surface area contributed by atoms with Crippen molar-refractivity contribution in [1.29, 1.82) is 0 Å². The minimum Gasteiger partial charge on any atom is -0.324 e. The molecule has 0 bridgehead atoms. The largest absolute Gasteiger partial charge is 0.324 e. The van der Waals surface area contributed by atoms with E-state index in [1.807, 2.05) is 59.5 Å². The summed E-state index contributed by atoms with van der Waals surface area (Å²) >= 11 is 1.66. The molecule has 106 valence electrons. The van der Waals surface area contributed by atoms with E-state index in [4.69, 9.17) is 0 Å². The second-order valence-corrected chi connectivity index (χ2v) is 5.54. The summed E-state index contributed by atoms with van der Waals surface area (Å²) in [5.41, 5.74) is 1.98. The first kappa shape index (κ1) is 13.6. The zero-order chi connectivity index (χ0) is 14.7. The first-order valence-electron chi connectivity index (χ1n) is 6.67. The van der Waals surface area contributed by atoms with Crippen LogP contribution in [-0.2, 0) is 0 Å². The van der Waals surface area contributed by atoms with Gasteiger partial charge in [-0.1, -0.05) is 24.3 Å². The molecule has 5 heteroatoms. The average molecular weight is 296 g/mol. The molecule has 21 heavy (non-hydrogen) atoms. The molecule has 1 aromatic carbocycles. The number of nitrogens with zero attached hydrogens (tertiary/aromatic N) is 3. The topological polar surface area (TPSA) is 42.2 Å². The molecule has 0 saturated heterocycles. The number of anilines is 1. The van der Waals surface area contributed by atoms with Crippen molar-refractivity contribution in [3.8, 4) is 5.69 Å². The zero-order valence-electron chi connectivity index (χ0n) is 11.9. The van der Waals surface area contributed by atoms with Gasteiger partial charge < -0.3 is 5.32 Å². The summed E-state index contributed by atoms with van der Waals surface area (Å²) in [6.45, 7) is 1.98. The van der Waals surface area contributed by atoms with Crippen LogP contribution in [-0.4, -0.2) is 22.7 Å². The summed E-state index contributed by atoms with van der Waals surface area (Å²) in [5.74, 6) is 1.76. The Morgan fingerprint density at radius 1 is 1.19 bits per heavy atom. The number of aromatic nitrogens is 2. The number of rotatable bonds is 3. The monoisotopic (exact) mass is 296 g/mol. The molecule has 3 aromatic rings. The molecular formula is C16H16N4S. The lowest BCUT2D eigenvalue weighted by Crippen LogP contribution is -2.15. The van der Waals surface area contributed by atoms with Crippen molar-refractivity contribution in [2.24, 2.45) is 4.99 Å². The van der Waals surface area contributed by atoms with Crippen LogP contribution in [0.2, 0.25) is 0 Å². The average Bonchev–Trinajstić information content (AvgIpc) is 3.15. The number of thiophene rings is 1. The number of aryl methyl sites for hydroxylation is 1. The lowest BCUT2D eigenvalue weighted by molar-refractivity contribution is 0.870. The minimum atomic E-state index is 0.849. The normalized spacial score (nSPS) is 11.6. The third-order valence-corrected chi connectivity index (χ3v) is 3.93. The maximum absolute atomic E-state index is 4.55. The number of aliphatic imine (C=N–C) groups is 1. The van der Waals surface area contributed by atoms with Crippen LogP contribution >= 0.6 is 11.3 Å². The Bertz CT molecular complexity index is 742. The fraction of sp³-hybridized carbons (Fsp3) is 0.125. The number of para-hydroxylation sites is 1. The van der Waals surface area contributed by atoms with Gasteiger partial charge in [0.1, 0.15) is 11.7 Å². The van der Waals surface area contributed by atoms with E-state index >= 15 is 0 Å². The molecule has 0 aliphatic heterocycles. The van der Waals surface area contributed by atoms with Crippen molar-refractivity contribution in [2.75, 3.05) is 12.4 Å². The SMILES string of the molecule is CN=C(Nc1cc(C)nn1-c1ccccc1)c1cccs1. The molecule has 2 aromatic heterocycles. The lowest BCUT2D eigenvalue weighted by atomic mass is 10.3. The number of hydrogen-bond acceptors (Lipinski definition) is 3. The quantitative estimate of drug-likeness (QED) is 0.591. The molecule has 1 N–H and O–H groups in total. The van der Waals surface area contributed by atoms with E-state index in [-0.39, 0.29) is 0 Å². The van der Waals surface area contributed by atoms with Gasteiger partial charge in [-0.2, -0.15) is 5.10 Å². The van der Waals surface area contributed by atoms with E-state index < -0.39 is 0 Å². The van der Waals surface area contributed by atoms with Crippen LogP contribution in [0.5, 0.6) is 0 Å². The predicted molar refractivity (Wildman–Crippen MR) is 88.7 cm³/mol. The van der Waals surface area contributed by atoms with Gasteiger partial charge in [-0.3, -0.25) is 4.99 Å². The van der Waals surface area contributed by atoms with Crippen molar-refractivity contribution in [3.63, 3.8) is 0 Å². The highest BCUT2D eigenvalue weighted by molar-refractivity contribution is 7.12. The molecule has 3 rings (SSSR count). The van der Waals surface area contributed by atoms with Crippen molar-refractivity contribution < 1.29 is 0 Å². The fourth-order valence-electron chi connectivity index (χ4n) is 2.12. The number of nitrogens with one attached hydrogen (secondary N) is 1. The summed E-state index contributed by atoms with van der Waals surface area (Å²) in [7, 11) is 1.79. The summed E-state index contributed by atoms with van der Waals surface area (Å²) in [6.07, 6.45) is 0. The van der Waals surface area contributed by atoms with Gasteiger partial charge in [-0.25, -0.2) is 4.68 Å². The second kappa shape index (κ2) is 5.93. The molecule has 4 nitrogen and oxygen atoms in total. The molecule has 0 aliphatic rings. The van der Waals surface area contributed by atoms with Gasteiger partial charge in [0.25, 0.3) is 0 Å². The summed E-state index contributed by atoms with van der Waals surface area (Å²) in [6, 6.07) is 16.2. The van der Waals surface area contributed by atoms with Gasteiger partial charge in [0, 0.05) is 13.1 Å². The minimum absolute atomic E-state index is 0.849. The first-order valence-corrected chi connectivity index (χ1v) is 7.55. The van der Waals surface area contributed by atoms with E-state index in [0.717, 1.165) is 27.9 Å². The van der Waals surface area contributed by atoms with E-state index in [2.05, 4.69) is 21.5 Å². The van der Waals surface area contributed by atoms with Gasteiger partial charge in [0.15, 0.2) is 0 Å². The Hall–Kier alpha value is -2.40. The fourth-order valence-corrected chi connectivity index (χ4v) is 2.83. The van der Waals surface area contributed by atoms with Gasteiger partial charge in [0.05, 0.1) is 16.3 Å². The summed E-state index contributed by atoms with van der Waals surface area (Å²) < 4.78 is 1.90. The Balaban J connectivity index is 1.96. The molecule has 0 fully saturated rings. The zero-order valence-corrected chi connectivity index (χ0v) is 12.8. The molecule has 2 heterocycles. The smallest absolute Gasteiger partial charge is 0.143 e. The van der Waals surface area contributed by atoms with Crippen LogP contribution in [0.25, 0.3) is 5.69 Å². The van der Waals surface area contributed by atoms with Gasteiger partial charge in [-0.15, -0.1) is 11.3 Å². The van der Waals surface area contributed by atoms with Crippen molar-refractivity contribution in [3.05, 3.63) is 64.5 Å². The standard InChI is InChI=1S/C16H16N4S/c1-12-11-15(18-16(17-2)14-9-6-10-21-14)20(19-12)13-7-4-3-5-8-13/h3-11H,1-2H3,(H,17,18). The van der Waals surface area contributed by atoms with Crippen molar-refractivity contribution >= 4 is 23.0 Å². The molecule has 0 aliphatic carbocycles. The van der Waals surface area contributed by atoms with Crippen LogP contribution < -0.4 is 5.32 Å². The number of benzene rings is 1. The van der Waals surface area contributed by atoms with E-state index in [1.54, 1.807) is 18.4 Å². The molecule has 0 saturated carbocycles. The first-order chi connectivity index (χ1) is 10.3. The third-order valence-electron chi connectivity index (χ3n) is 3.06. The molecule has 0 unspecified atom stereocenters. The van der Waals surface area contributed by atoms with Gasteiger partial charge in [-0.05, 0) is 30.5 Å². The Morgan fingerprint density at radius 3 is 2.67 bits per heavy atom. The maximum Gasteiger partial charge on any atom is 0.143 e. The molecule has 0 atom stereocenters. The van der Waals surface area contributed by atoms with Crippen LogP contribution in [0.1, 0.15) is 10.6 Å². The molecular weight excluding hydrogens is 280 g/mol. The highest BCUT2D eigenvalue weighted by Crippen LogP contribution is 2.19. The molecule has 0 radical (unpaired) electrons. The van der Waals surface area contributed by atoms with E-state index in [0.29, 0.717) is 0 Å². The Labute approximate surface area is 127 Å².